The van der Waals surface area contributed by atoms with E-state index in [0.29, 0.717) is 36.1 Å². The maximum Gasteiger partial charge on any atom is 0.273 e. The van der Waals surface area contributed by atoms with E-state index in [0.717, 1.165) is 37.3 Å². The minimum Gasteiger partial charge on any atom is -0.368 e. The fourth-order valence-corrected chi connectivity index (χ4v) is 4.41. The van der Waals surface area contributed by atoms with Crippen LogP contribution in [0.15, 0.2) is 42.5 Å². The van der Waals surface area contributed by atoms with Crippen LogP contribution in [0.5, 0.6) is 0 Å². The Kier molecular flexibility index (Phi) is 5.32. The highest BCUT2D eigenvalue weighted by Gasteiger charge is 2.27. The fraction of sp³-hybridized carbons (Fsp3) is 0.333. The van der Waals surface area contributed by atoms with Gasteiger partial charge in [0.05, 0.1) is 12.1 Å². The lowest BCUT2D eigenvalue weighted by Crippen LogP contribution is -2.46. The minimum atomic E-state index is -0.205. The first kappa shape index (κ1) is 20.5. The smallest absolute Gasteiger partial charge is 0.273 e. The summed E-state index contributed by atoms with van der Waals surface area (Å²) in [7, 11) is 2.09. The van der Waals surface area contributed by atoms with Crippen molar-refractivity contribution in [2.75, 3.05) is 45.5 Å². The molecule has 2 aromatic carbocycles. The van der Waals surface area contributed by atoms with Crippen molar-refractivity contribution < 1.29 is 9.59 Å². The molecule has 1 fully saturated rings. The van der Waals surface area contributed by atoms with Crippen LogP contribution in [0.4, 0.5) is 5.95 Å². The first-order chi connectivity index (χ1) is 15.5. The van der Waals surface area contributed by atoms with Gasteiger partial charge in [0.2, 0.25) is 5.95 Å². The first-order valence-electron chi connectivity index (χ1n) is 10.9. The van der Waals surface area contributed by atoms with Crippen LogP contribution in [0.25, 0.3) is 10.9 Å². The van der Waals surface area contributed by atoms with Crippen molar-refractivity contribution in [3.8, 4) is 0 Å². The Hall–Kier alpha value is -3.36. The second kappa shape index (κ2) is 8.29. The van der Waals surface area contributed by atoms with Gasteiger partial charge in [0.25, 0.3) is 5.91 Å². The molecule has 2 N–H and O–H groups in total. The summed E-state index contributed by atoms with van der Waals surface area (Å²) in [5, 5.41) is 0.560. The summed E-state index contributed by atoms with van der Waals surface area (Å²) in [6.45, 7) is 5.07. The fourth-order valence-electron chi connectivity index (χ4n) is 4.41. The van der Waals surface area contributed by atoms with Gasteiger partial charge in [0, 0.05) is 50.2 Å². The Labute approximate surface area is 186 Å². The largest absolute Gasteiger partial charge is 0.368 e. The standard InChI is InChI=1S/C24H26N6O2/c1-28-8-10-29(11-9-28)15-21(31)16-6-7-20-19(12-16)22(27-24(25)26-20)23(32)30-13-17-4-2-3-5-18(17)14-30/h2-7,12H,8-11,13-15H2,1H3,(H2,25,26,27). The summed E-state index contributed by atoms with van der Waals surface area (Å²) in [5.74, 6) is -0.127. The van der Waals surface area contributed by atoms with Gasteiger partial charge in [-0.25, -0.2) is 9.97 Å². The molecule has 2 aliphatic heterocycles. The second-order valence-corrected chi connectivity index (χ2v) is 8.59. The molecule has 2 aliphatic rings. The molecule has 0 spiro atoms. The molecular formula is C24H26N6O2. The summed E-state index contributed by atoms with van der Waals surface area (Å²) >= 11 is 0. The number of benzene rings is 2. The van der Waals surface area contributed by atoms with Crippen LogP contribution in [0, 0.1) is 0 Å². The van der Waals surface area contributed by atoms with E-state index in [4.69, 9.17) is 5.73 Å². The number of likely N-dealkylation sites (N-methyl/N-ethyl adjacent to an activating group) is 1. The third-order valence-electron chi connectivity index (χ3n) is 6.33. The van der Waals surface area contributed by atoms with E-state index < -0.39 is 0 Å². The predicted molar refractivity (Wildman–Crippen MR) is 122 cm³/mol. The number of amides is 1. The summed E-state index contributed by atoms with van der Waals surface area (Å²) < 4.78 is 0. The van der Waals surface area contributed by atoms with Crippen LogP contribution < -0.4 is 5.73 Å². The van der Waals surface area contributed by atoms with E-state index in [1.807, 2.05) is 24.3 Å². The number of anilines is 1. The van der Waals surface area contributed by atoms with E-state index in [2.05, 4.69) is 26.8 Å². The number of nitrogens with zero attached hydrogens (tertiary/aromatic N) is 5. The number of nitrogens with two attached hydrogens (primary N) is 1. The SMILES string of the molecule is CN1CCN(CC(=O)c2ccc3nc(N)nc(C(=O)N4Cc5ccccc5C4)c3c2)CC1. The average molecular weight is 431 g/mol. The van der Waals surface area contributed by atoms with E-state index in [1.54, 1.807) is 23.1 Å². The number of piperazine rings is 1. The van der Waals surface area contributed by atoms with Crippen molar-refractivity contribution >= 4 is 28.5 Å². The van der Waals surface area contributed by atoms with Crippen LogP contribution in [0.3, 0.4) is 0 Å². The zero-order valence-electron chi connectivity index (χ0n) is 18.1. The second-order valence-electron chi connectivity index (χ2n) is 8.59. The van der Waals surface area contributed by atoms with Gasteiger partial charge in [-0.1, -0.05) is 24.3 Å². The van der Waals surface area contributed by atoms with E-state index in [-0.39, 0.29) is 23.3 Å². The van der Waals surface area contributed by atoms with E-state index >= 15 is 0 Å². The highest BCUT2D eigenvalue weighted by atomic mass is 16.2. The molecule has 1 saturated heterocycles. The normalized spacial score (nSPS) is 17.0. The zero-order chi connectivity index (χ0) is 22.2. The molecule has 1 aromatic heterocycles. The number of Topliss-reactive ketones (excluding diaryl/α,β-unsaturated/α-hetero) is 1. The highest BCUT2D eigenvalue weighted by molar-refractivity contribution is 6.08. The molecule has 0 unspecified atom stereocenters. The van der Waals surface area contributed by atoms with Gasteiger partial charge in [-0.05, 0) is 36.4 Å². The van der Waals surface area contributed by atoms with Gasteiger partial charge in [-0.3, -0.25) is 14.5 Å². The van der Waals surface area contributed by atoms with Gasteiger partial charge < -0.3 is 15.5 Å². The molecule has 164 valence electrons. The number of nitrogen functional groups attached to an aromatic ring is 1. The molecule has 8 heteroatoms. The van der Waals surface area contributed by atoms with Crippen LogP contribution in [0.1, 0.15) is 32.0 Å². The predicted octanol–water partition coefficient (Wildman–Crippen LogP) is 1.80. The van der Waals surface area contributed by atoms with Crippen molar-refractivity contribution in [2.24, 2.45) is 0 Å². The quantitative estimate of drug-likeness (QED) is 0.631. The number of carbonyl (C=O) groups is 2. The molecule has 32 heavy (non-hydrogen) atoms. The van der Waals surface area contributed by atoms with Crippen LogP contribution >= 0.6 is 0 Å². The van der Waals surface area contributed by atoms with E-state index in [1.165, 1.54) is 0 Å². The topological polar surface area (TPSA) is 95.7 Å². The molecule has 0 saturated carbocycles. The van der Waals surface area contributed by atoms with Gasteiger partial charge in [-0.15, -0.1) is 0 Å². The molecule has 0 atom stereocenters. The van der Waals surface area contributed by atoms with Crippen molar-refractivity contribution in [1.82, 2.24) is 24.7 Å². The van der Waals surface area contributed by atoms with Gasteiger partial charge in [-0.2, -0.15) is 0 Å². The monoisotopic (exact) mass is 430 g/mol. The third kappa shape index (κ3) is 3.94. The number of hydrogen-bond acceptors (Lipinski definition) is 7. The molecular weight excluding hydrogens is 404 g/mol. The number of ketones is 1. The number of fused-ring (bicyclic) bond motifs is 2. The van der Waals surface area contributed by atoms with E-state index in [9.17, 15) is 9.59 Å². The Balaban J connectivity index is 1.43. The average Bonchev–Trinajstić information content (AvgIpc) is 3.23. The van der Waals surface area contributed by atoms with Crippen molar-refractivity contribution in [3.05, 3.63) is 64.8 Å². The van der Waals surface area contributed by atoms with Gasteiger partial charge >= 0.3 is 0 Å². The number of carbonyl (C=O) groups excluding carboxylic acids is 2. The Morgan fingerprint density at radius 2 is 1.66 bits per heavy atom. The third-order valence-corrected chi connectivity index (χ3v) is 6.33. The first-order valence-corrected chi connectivity index (χ1v) is 10.9. The molecule has 5 rings (SSSR count). The Morgan fingerprint density at radius 1 is 0.969 bits per heavy atom. The summed E-state index contributed by atoms with van der Waals surface area (Å²) in [6.07, 6.45) is 0. The molecule has 0 aliphatic carbocycles. The zero-order valence-corrected chi connectivity index (χ0v) is 18.1. The van der Waals surface area contributed by atoms with Gasteiger partial charge in [0.15, 0.2) is 5.78 Å². The summed E-state index contributed by atoms with van der Waals surface area (Å²) in [6, 6.07) is 13.3. The van der Waals surface area contributed by atoms with Gasteiger partial charge in [0.1, 0.15) is 5.69 Å². The molecule has 1 amide bonds. The molecule has 0 radical (unpaired) electrons. The van der Waals surface area contributed by atoms with Crippen LogP contribution in [-0.2, 0) is 13.1 Å². The molecule has 0 bridgehead atoms. The minimum absolute atomic E-state index is 0.0280. The number of rotatable bonds is 4. The lowest BCUT2D eigenvalue weighted by Gasteiger charge is -2.31. The van der Waals surface area contributed by atoms with Crippen molar-refractivity contribution in [2.45, 2.75) is 13.1 Å². The molecule has 3 aromatic rings. The highest BCUT2D eigenvalue weighted by Crippen LogP contribution is 2.26. The van der Waals surface area contributed by atoms with Crippen LogP contribution in [-0.4, -0.2) is 76.1 Å². The number of aromatic nitrogens is 2. The maximum absolute atomic E-state index is 13.4. The molecule has 3 heterocycles. The Morgan fingerprint density at radius 3 is 2.34 bits per heavy atom. The lowest BCUT2D eigenvalue weighted by molar-refractivity contribution is 0.0747. The Bertz CT molecular complexity index is 1180. The van der Waals surface area contributed by atoms with Crippen molar-refractivity contribution in [3.63, 3.8) is 0 Å². The molecule has 8 nitrogen and oxygen atoms in total. The number of hydrogen-bond donors (Lipinski definition) is 1. The van der Waals surface area contributed by atoms with Crippen molar-refractivity contribution in [1.29, 1.82) is 0 Å². The lowest BCUT2D eigenvalue weighted by atomic mass is 10.0. The summed E-state index contributed by atoms with van der Waals surface area (Å²) in [5.41, 5.74) is 9.54. The summed E-state index contributed by atoms with van der Waals surface area (Å²) in [4.78, 5) is 41.1. The maximum atomic E-state index is 13.4. The van der Waals surface area contributed by atoms with Crippen LogP contribution in [0.2, 0.25) is 0 Å².